The lowest BCUT2D eigenvalue weighted by molar-refractivity contribution is -0.138. The number of pyridine rings is 2. The molecule has 0 saturated carbocycles. The van der Waals surface area contributed by atoms with E-state index in [9.17, 15) is 9.90 Å². The largest absolute Gasteiger partial charge is 0.491 e. The average Bonchev–Trinajstić information content (AvgIpc) is 3.40. The van der Waals surface area contributed by atoms with Crippen LogP contribution in [0.5, 0.6) is 5.75 Å². The Balaban J connectivity index is 1.15. The highest BCUT2D eigenvalue weighted by Crippen LogP contribution is 2.21. The Morgan fingerprint density at radius 3 is 2.85 bits per heavy atom. The zero-order chi connectivity index (χ0) is 28.4. The molecule has 1 atom stereocenters. The summed E-state index contributed by atoms with van der Waals surface area (Å²) in [5.74, 6) is 0.814. The first-order chi connectivity index (χ1) is 20.0. The van der Waals surface area contributed by atoms with E-state index in [0.29, 0.717) is 37.2 Å². The number of nitrogens with zero attached hydrogens (tertiary/aromatic N) is 4. The Morgan fingerprint density at radius 2 is 2.02 bits per heavy atom. The summed E-state index contributed by atoms with van der Waals surface area (Å²) in [5.41, 5.74) is 4.65. The van der Waals surface area contributed by atoms with Gasteiger partial charge in [-0.15, -0.1) is 0 Å². The van der Waals surface area contributed by atoms with E-state index in [0.717, 1.165) is 68.1 Å². The lowest BCUT2D eigenvalue weighted by Crippen LogP contribution is -2.37. The second-order valence-electron chi connectivity index (χ2n) is 10.4. The molecular weight excluding hydrogens is 520 g/mol. The van der Waals surface area contributed by atoms with Crippen LogP contribution in [-0.2, 0) is 17.6 Å². The molecule has 3 N–H and O–H groups in total. The third kappa shape index (κ3) is 8.17. The maximum absolute atomic E-state index is 12.1. The van der Waals surface area contributed by atoms with Crippen molar-refractivity contribution >= 4 is 28.9 Å². The number of aryl methyl sites for hydroxylation is 3. The highest BCUT2D eigenvalue weighted by molar-refractivity contribution is 5.78. The van der Waals surface area contributed by atoms with Crippen molar-refractivity contribution in [2.75, 3.05) is 43.4 Å². The maximum atomic E-state index is 12.1. The fourth-order valence-electron chi connectivity index (χ4n) is 4.97. The summed E-state index contributed by atoms with van der Waals surface area (Å²) in [6.07, 6.45) is 7.22. The number of hydrogen-bond donors (Lipinski definition) is 3. The van der Waals surface area contributed by atoms with Crippen LogP contribution in [0, 0.1) is 6.92 Å². The van der Waals surface area contributed by atoms with Gasteiger partial charge < -0.3 is 24.9 Å². The van der Waals surface area contributed by atoms with Crippen molar-refractivity contribution in [2.45, 2.75) is 51.5 Å². The molecule has 4 heterocycles. The van der Waals surface area contributed by atoms with E-state index in [1.54, 1.807) is 6.20 Å². The first-order valence-corrected chi connectivity index (χ1v) is 14.4. The average molecular weight is 559 g/mol. The minimum atomic E-state index is -0.943. The molecule has 0 amide bonds. The van der Waals surface area contributed by atoms with Gasteiger partial charge in [0.15, 0.2) is 5.58 Å². The van der Waals surface area contributed by atoms with Gasteiger partial charge in [-0.2, -0.15) is 4.98 Å². The van der Waals surface area contributed by atoms with Crippen molar-refractivity contribution in [3.05, 3.63) is 71.7 Å². The molecule has 1 aromatic carbocycles. The van der Waals surface area contributed by atoms with Crippen molar-refractivity contribution in [1.29, 1.82) is 0 Å². The molecule has 0 radical (unpaired) electrons. The van der Waals surface area contributed by atoms with Gasteiger partial charge in [-0.25, -0.2) is 9.78 Å². The summed E-state index contributed by atoms with van der Waals surface area (Å²) >= 11 is 0. The molecule has 1 aliphatic heterocycles. The molecule has 3 aromatic heterocycles. The number of para-hydroxylation sites is 2. The topological polar surface area (TPSA) is 126 Å². The van der Waals surface area contributed by atoms with Crippen molar-refractivity contribution in [3.8, 4) is 5.75 Å². The second kappa shape index (κ2) is 13.9. The number of benzene rings is 1. The zero-order valence-electron chi connectivity index (χ0n) is 23.5. The van der Waals surface area contributed by atoms with Crippen LogP contribution in [0.1, 0.15) is 42.6 Å². The third-order valence-electron chi connectivity index (χ3n) is 7.29. The minimum absolute atomic E-state index is 0.215. The third-order valence-corrected chi connectivity index (χ3v) is 7.29. The van der Waals surface area contributed by atoms with Crippen LogP contribution in [0.3, 0.4) is 0 Å². The van der Waals surface area contributed by atoms with Crippen LogP contribution >= 0.6 is 0 Å². The lowest BCUT2D eigenvalue weighted by Gasteiger charge is -2.24. The number of rotatable bonds is 15. The van der Waals surface area contributed by atoms with E-state index in [1.807, 2.05) is 43.3 Å². The highest BCUT2D eigenvalue weighted by Gasteiger charge is 2.21. The van der Waals surface area contributed by atoms with Gasteiger partial charge in [0, 0.05) is 31.0 Å². The van der Waals surface area contributed by atoms with Crippen LogP contribution in [0.25, 0.3) is 11.1 Å². The Hall–Kier alpha value is -4.18. The first-order valence-electron chi connectivity index (χ1n) is 14.4. The number of carboxylic acid groups (broad SMARTS) is 1. The summed E-state index contributed by atoms with van der Waals surface area (Å²) < 4.78 is 11.6. The molecule has 0 saturated heterocycles. The summed E-state index contributed by atoms with van der Waals surface area (Å²) in [4.78, 5) is 27.8. The van der Waals surface area contributed by atoms with Crippen LogP contribution in [0.2, 0.25) is 0 Å². The Kier molecular flexibility index (Phi) is 9.64. The molecule has 0 aliphatic carbocycles. The summed E-state index contributed by atoms with van der Waals surface area (Å²) in [5, 5.41) is 16.3. The fourth-order valence-corrected chi connectivity index (χ4v) is 4.97. The fraction of sp³-hybridized carbons (Fsp3) is 0.419. The van der Waals surface area contributed by atoms with E-state index in [4.69, 9.17) is 14.1 Å². The number of aliphatic carboxylic acids is 1. The van der Waals surface area contributed by atoms with Gasteiger partial charge in [-0.1, -0.05) is 18.2 Å². The van der Waals surface area contributed by atoms with E-state index >= 15 is 0 Å². The molecule has 0 bridgehead atoms. The predicted octanol–water partition coefficient (Wildman–Crippen LogP) is 4.94. The van der Waals surface area contributed by atoms with Gasteiger partial charge in [0.1, 0.15) is 29.7 Å². The molecule has 1 aliphatic rings. The molecule has 0 spiro atoms. The number of oxazole rings is 1. The molecule has 10 heteroatoms. The number of carboxylic acids is 1. The van der Waals surface area contributed by atoms with E-state index < -0.39 is 12.0 Å². The van der Waals surface area contributed by atoms with Gasteiger partial charge in [0.25, 0.3) is 6.01 Å². The molecule has 41 heavy (non-hydrogen) atoms. The number of unbranched alkanes of at least 4 members (excludes halogenated alkanes) is 1. The maximum Gasteiger partial charge on any atom is 0.326 e. The first kappa shape index (κ1) is 28.4. The number of fused-ring (bicyclic) bond motifs is 2. The second-order valence-corrected chi connectivity index (χ2v) is 10.4. The number of carbonyl (C=O) groups is 1. The van der Waals surface area contributed by atoms with Crippen LogP contribution < -0.4 is 15.4 Å². The van der Waals surface area contributed by atoms with E-state index in [2.05, 4.69) is 37.6 Å². The van der Waals surface area contributed by atoms with Crippen LogP contribution in [0.4, 0.5) is 11.8 Å². The number of anilines is 2. The van der Waals surface area contributed by atoms with Crippen LogP contribution in [0.15, 0.2) is 59.1 Å². The normalized spacial score (nSPS) is 13.5. The van der Waals surface area contributed by atoms with Gasteiger partial charge in [0.2, 0.25) is 0 Å². The Labute approximate surface area is 240 Å². The van der Waals surface area contributed by atoms with E-state index in [-0.39, 0.29) is 6.01 Å². The monoisotopic (exact) mass is 558 g/mol. The van der Waals surface area contributed by atoms with Gasteiger partial charge in [0.05, 0.1) is 6.20 Å². The molecule has 0 unspecified atom stereocenters. The molecule has 10 nitrogen and oxygen atoms in total. The van der Waals surface area contributed by atoms with Crippen molar-refractivity contribution < 1.29 is 19.1 Å². The Morgan fingerprint density at radius 1 is 1.12 bits per heavy atom. The zero-order valence-corrected chi connectivity index (χ0v) is 23.5. The molecule has 4 aromatic rings. The standard InChI is InChI=1S/C31H38N6O4/c1-22-11-14-25(21-33-22)40-20-19-37(17-5-4-8-24-13-12-23-7-6-16-32-29(23)34-24)18-15-27(30(38)39)36-31-35-26-9-2-3-10-28(26)41-31/h2-3,9-14,21,27H,4-8,15-20H2,1H3,(H,32,34)(H,35,36)(H,38,39)/t27-/m0/s1. The van der Waals surface area contributed by atoms with Crippen molar-refractivity contribution in [3.63, 3.8) is 0 Å². The van der Waals surface area contributed by atoms with E-state index in [1.165, 1.54) is 5.56 Å². The predicted molar refractivity (Wildman–Crippen MR) is 159 cm³/mol. The van der Waals surface area contributed by atoms with Gasteiger partial charge >= 0.3 is 5.97 Å². The summed E-state index contributed by atoms with van der Waals surface area (Å²) in [6, 6.07) is 14.9. The van der Waals surface area contributed by atoms with Gasteiger partial charge in [-0.3, -0.25) is 9.88 Å². The quantitative estimate of drug-likeness (QED) is 0.173. The molecule has 0 fully saturated rings. The van der Waals surface area contributed by atoms with Crippen molar-refractivity contribution in [1.82, 2.24) is 19.9 Å². The highest BCUT2D eigenvalue weighted by atomic mass is 16.5. The number of aromatic nitrogens is 3. The number of nitrogens with one attached hydrogen (secondary N) is 2. The molecule has 216 valence electrons. The number of ether oxygens (including phenoxy) is 1. The lowest BCUT2D eigenvalue weighted by atomic mass is 10.1. The van der Waals surface area contributed by atoms with Crippen molar-refractivity contribution in [2.24, 2.45) is 0 Å². The summed E-state index contributed by atoms with van der Waals surface area (Å²) in [6.45, 7) is 5.49. The number of hydrogen-bond acceptors (Lipinski definition) is 9. The Bertz CT molecular complexity index is 1390. The molecule has 5 rings (SSSR count). The summed E-state index contributed by atoms with van der Waals surface area (Å²) in [7, 11) is 0. The van der Waals surface area contributed by atoms with Gasteiger partial charge in [-0.05, 0) is 87.9 Å². The molecular formula is C31H38N6O4. The van der Waals surface area contributed by atoms with Crippen LogP contribution in [-0.4, -0.2) is 69.8 Å². The SMILES string of the molecule is Cc1ccc(OCCN(CCCCc2ccc3c(n2)NCCC3)CC[C@H](Nc2nc3ccccc3o2)C(=O)O)cn1. The minimum Gasteiger partial charge on any atom is -0.491 e. The smallest absolute Gasteiger partial charge is 0.326 e.